The predicted octanol–water partition coefficient (Wildman–Crippen LogP) is 2.61. The molecule has 0 fully saturated rings. The van der Waals surface area contributed by atoms with Crippen molar-refractivity contribution in [1.82, 2.24) is 19.5 Å². The minimum Gasteiger partial charge on any atom is -0.328 e. The first kappa shape index (κ1) is 13.8. The molecule has 1 atom stereocenters. The van der Waals surface area contributed by atoms with Gasteiger partial charge in [-0.15, -0.1) is 0 Å². The van der Waals surface area contributed by atoms with Crippen LogP contribution in [0.25, 0.3) is 5.65 Å². The lowest BCUT2D eigenvalue weighted by molar-refractivity contribution is 0.0741. The fourth-order valence-corrected chi connectivity index (χ4v) is 2.83. The molecule has 1 aliphatic heterocycles. The molecule has 2 aromatic rings. The summed E-state index contributed by atoms with van der Waals surface area (Å²) in [6.07, 6.45) is 10.9. The molecule has 1 amide bonds. The summed E-state index contributed by atoms with van der Waals surface area (Å²) < 4.78 is 1.72. The summed E-state index contributed by atoms with van der Waals surface area (Å²) in [6, 6.07) is 2.05. The van der Waals surface area contributed by atoms with Gasteiger partial charge in [-0.1, -0.05) is 31.9 Å². The molecular formula is C16H20N4O. The predicted molar refractivity (Wildman–Crippen MR) is 81.2 cm³/mol. The molecule has 1 unspecified atom stereocenters. The smallest absolute Gasteiger partial charge is 0.258 e. The van der Waals surface area contributed by atoms with Crippen LogP contribution in [-0.4, -0.2) is 38.0 Å². The second-order valence-corrected chi connectivity index (χ2v) is 5.45. The Morgan fingerprint density at radius 3 is 3.14 bits per heavy atom. The summed E-state index contributed by atoms with van der Waals surface area (Å²) in [5, 5.41) is 4.22. The maximum Gasteiger partial charge on any atom is 0.258 e. The molecule has 0 saturated heterocycles. The zero-order valence-corrected chi connectivity index (χ0v) is 12.5. The Balaban J connectivity index is 1.88. The van der Waals surface area contributed by atoms with Gasteiger partial charge in [0.05, 0.1) is 23.5 Å². The van der Waals surface area contributed by atoms with Gasteiger partial charge in [0.25, 0.3) is 5.91 Å². The molecular weight excluding hydrogens is 264 g/mol. The van der Waals surface area contributed by atoms with Gasteiger partial charge in [-0.2, -0.15) is 5.10 Å². The lowest BCUT2D eigenvalue weighted by Gasteiger charge is -2.25. The van der Waals surface area contributed by atoms with E-state index in [1.54, 1.807) is 16.9 Å². The number of carbonyl (C=O) groups excluding carboxylic acids is 1. The van der Waals surface area contributed by atoms with E-state index in [-0.39, 0.29) is 11.9 Å². The molecule has 0 saturated carbocycles. The summed E-state index contributed by atoms with van der Waals surface area (Å²) >= 11 is 0. The Morgan fingerprint density at radius 2 is 2.33 bits per heavy atom. The SMILES string of the molecule is CCCCC1C=CCN1C(=O)c1cnc2ccnn2c1C. The van der Waals surface area contributed by atoms with E-state index in [1.165, 1.54) is 0 Å². The standard InChI is InChI=1S/C16H20N4O/c1-3-4-6-13-7-5-10-19(13)16(21)14-11-17-15-8-9-18-20(15)12(14)2/h5,7-9,11,13H,3-4,6,10H2,1-2H3. The monoisotopic (exact) mass is 284 g/mol. The summed E-state index contributed by atoms with van der Waals surface area (Å²) in [4.78, 5) is 19.1. The van der Waals surface area contributed by atoms with Gasteiger partial charge in [-0.25, -0.2) is 9.50 Å². The molecule has 0 aromatic carbocycles. The molecule has 1 aliphatic rings. The average Bonchev–Trinajstić information content (AvgIpc) is 3.14. The first-order valence-electron chi connectivity index (χ1n) is 7.49. The van der Waals surface area contributed by atoms with E-state index >= 15 is 0 Å². The highest BCUT2D eigenvalue weighted by atomic mass is 16.2. The summed E-state index contributed by atoms with van der Waals surface area (Å²) in [7, 11) is 0. The third-order valence-corrected chi connectivity index (χ3v) is 4.06. The molecule has 2 aromatic heterocycles. The summed E-state index contributed by atoms with van der Waals surface area (Å²) in [5.41, 5.74) is 2.25. The van der Waals surface area contributed by atoms with E-state index in [4.69, 9.17) is 0 Å². The van der Waals surface area contributed by atoms with Crippen molar-refractivity contribution < 1.29 is 4.79 Å². The first-order valence-corrected chi connectivity index (χ1v) is 7.49. The summed E-state index contributed by atoms with van der Waals surface area (Å²) in [5.74, 6) is 0.0449. The Bertz CT molecular complexity index is 689. The van der Waals surface area contributed by atoms with Crippen LogP contribution in [0.1, 0.15) is 42.2 Å². The van der Waals surface area contributed by atoms with E-state index in [9.17, 15) is 4.79 Å². The number of nitrogens with zero attached hydrogens (tertiary/aromatic N) is 4. The number of aromatic nitrogens is 3. The number of amides is 1. The highest BCUT2D eigenvalue weighted by molar-refractivity contribution is 5.95. The Morgan fingerprint density at radius 1 is 1.48 bits per heavy atom. The Labute approximate surface area is 124 Å². The number of fused-ring (bicyclic) bond motifs is 1. The molecule has 0 spiro atoms. The number of rotatable bonds is 4. The van der Waals surface area contributed by atoms with Crippen molar-refractivity contribution in [3.63, 3.8) is 0 Å². The van der Waals surface area contributed by atoms with Crippen molar-refractivity contribution in [2.45, 2.75) is 39.2 Å². The fraction of sp³-hybridized carbons (Fsp3) is 0.438. The van der Waals surface area contributed by atoms with Crippen molar-refractivity contribution in [2.75, 3.05) is 6.54 Å². The van der Waals surface area contributed by atoms with E-state index < -0.39 is 0 Å². The maximum absolute atomic E-state index is 12.8. The van der Waals surface area contributed by atoms with Crippen LogP contribution < -0.4 is 0 Å². The number of hydrogen-bond donors (Lipinski definition) is 0. The number of hydrogen-bond acceptors (Lipinski definition) is 3. The second kappa shape index (κ2) is 5.68. The molecule has 0 aliphatic carbocycles. The third-order valence-electron chi connectivity index (χ3n) is 4.06. The van der Waals surface area contributed by atoms with Crippen LogP contribution in [0.5, 0.6) is 0 Å². The van der Waals surface area contributed by atoms with Gasteiger partial charge in [0.15, 0.2) is 5.65 Å². The van der Waals surface area contributed by atoms with Crippen LogP contribution in [0.3, 0.4) is 0 Å². The first-order chi connectivity index (χ1) is 10.2. The quantitative estimate of drug-likeness (QED) is 0.811. The molecule has 0 N–H and O–H groups in total. The van der Waals surface area contributed by atoms with E-state index in [0.29, 0.717) is 12.1 Å². The molecule has 5 heteroatoms. The zero-order chi connectivity index (χ0) is 14.8. The molecule has 21 heavy (non-hydrogen) atoms. The number of carbonyl (C=O) groups is 1. The molecule has 0 bridgehead atoms. The van der Waals surface area contributed by atoms with Crippen LogP contribution in [0.4, 0.5) is 0 Å². The van der Waals surface area contributed by atoms with Gasteiger partial charge in [-0.05, 0) is 13.3 Å². The Kier molecular flexibility index (Phi) is 3.73. The van der Waals surface area contributed by atoms with Crippen molar-refractivity contribution in [3.05, 3.63) is 41.9 Å². The van der Waals surface area contributed by atoms with Crippen LogP contribution in [-0.2, 0) is 0 Å². The van der Waals surface area contributed by atoms with Crippen molar-refractivity contribution in [2.24, 2.45) is 0 Å². The van der Waals surface area contributed by atoms with Crippen molar-refractivity contribution >= 4 is 11.6 Å². The summed E-state index contributed by atoms with van der Waals surface area (Å²) in [6.45, 7) is 4.77. The third kappa shape index (κ3) is 2.44. The van der Waals surface area contributed by atoms with Gasteiger partial charge < -0.3 is 4.90 Å². The van der Waals surface area contributed by atoms with Crippen LogP contribution >= 0.6 is 0 Å². The van der Waals surface area contributed by atoms with Gasteiger partial charge in [0.1, 0.15) is 0 Å². The topological polar surface area (TPSA) is 50.5 Å². The second-order valence-electron chi connectivity index (χ2n) is 5.45. The van der Waals surface area contributed by atoms with Gasteiger partial charge in [0, 0.05) is 18.8 Å². The lowest BCUT2D eigenvalue weighted by atomic mass is 10.1. The maximum atomic E-state index is 12.8. The number of unbranched alkanes of at least 4 members (excludes halogenated alkanes) is 1. The van der Waals surface area contributed by atoms with E-state index in [1.807, 2.05) is 17.9 Å². The van der Waals surface area contributed by atoms with Crippen molar-refractivity contribution in [1.29, 1.82) is 0 Å². The average molecular weight is 284 g/mol. The van der Waals surface area contributed by atoms with E-state index in [0.717, 1.165) is 30.6 Å². The molecule has 3 rings (SSSR count). The Hall–Kier alpha value is -2.17. The van der Waals surface area contributed by atoms with Gasteiger partial charge in [-0.3, -0.25) is 4.79 Å². The van der Waals surface area contributed by atoms with Crippen LogP contribution in [0.15, 0.2) is 30.6 Å². The molecule has 110 valence electrons. The largest absolute Gasteiger partial charge is 0.328 e. The van der Waals surface area contributed by atoms with Crippen molar-refractivity contribution in [3.8, 4) is 0 Å². The molecule has 3 heterocycles. The molecule has 0 radical (unpaired) electrons. The fourth-order valence-electron chi connectivity index (χ4n) is 2.83. The minimum absolute atomic E-state index is 0.0449. The van der Waals surface area contributed by atoms with Crippen LogP contribution in [0.2, 0.25) is 0 Å². The highest BCUT2D eigenvalue weighted by Crippen LogP contribution is 2.20. The molecule has 5 nitrogen and oxygen atoms in total. The minimum atomic E-state index is 0.0449. The normalized spacial score (nSPS) is 17.8. The number of aryl methyl sites for hydroxylation is 1. The van der Waals surface area contributed by atoms with Crippen LogP contribution in [0, 0.1) is 6.92 Å². The van der Waals surface area contributed by atoms with E-state index in [2.05, 4.69) is 29.2 Å². The highest BCUT2D eigenvalue weighted by Gasteiger charge is 2.27. The lowest BCUT2D eigenvalue weighted by Crippen LogP contribution is -2.36. The zero-order valence-electron chi connectivity index (χ0n) is 12.5. The van der Waals surface area contributed by atoms with Gasteiger partial charge in [0.2, 0.25) is 0 Å². The van der Waals surface area contributed by atoms with Gasteiger partial charge >= 0.3 is 0 Å².